The van der Waals surface area contributed by atoms with Crippen molar-refractivity contribution in [1.82, 2.24) is 0 Å². The van der Waals surface area contributed by atoms with Gasteiger partial charge in [0.2, 0.25) is 0 Å². The van der Waals surface area contributed by atoms with Gasteiger partial charge in [0, 0.05) is 8.40 Å². The largest absolute Gasteiger partial charge is 0.496 e. The minimum atomic E-state index is 0.309. The Morgan fingerprint density at radius 3 is 2.67 bits per heavy atom. The average molecular weight is 417 g/mol. The fourth-order valence-electron chi connectivity index (χ4n) is 1.88. The fourth-order valence-corrected chi connectivity index (χ4v) is 3.08. The highest BCUT2D eigenvalue weighted by atomic mass is 127. The standard InChI is InChI=1S/C15H14BrIO/c1-18-15-8-3-2-5-12(15)10-14(16)11-6-4-7-13(17)9-11/h2-9,14H,10H2,1H3. The van der Waals surface area contributed by atoms with Gasteiger partial charge in [-0.1, -0.05) is 46.3 Å². The molecule has 1 unspecified atom stereocenters. The third kappa shape index (κ3) is 3.48. The maximum Gasteiger partial charge on any atom is 0.122 e. The van der Waals surface area contributed by atoms with E-state index in [0.29, 0.717) is 4.83 Å². The van der Waals surface area contributed by atoms with Crippen LogP contribution in [-0.4, -0.2) is 7.11 Å². The molecule has 0 aliphatic heterocycles. The van der Waals surface area contributed by atoms with Gasteiger partial charge in [-0.05, 0) is 58.3 Å². The van der Waals surface area contributed by atoms with Crippen molar-refractivity contribution >= 4 is 38.5 Å². The van der Waals surface area contributed by atoms with E-state index in [1.54, 1.807) is 7.11 Å². The molecular formula is C15H14BrIO. The molecule has 0 heterocycles. The van der Waals surface area contributed by atoms with Crippen molar-refractivity contribution in [3.8, 4) is 5.75 Å². The Balaban J connectivity index is 2.18. The number of methoxy groups -OCH3 is 1. The quantitative estimate of drug-likeness (QED) is 0.504. The van der Waals surface area contributed by atoms with Gasteiger partial charge in [0.1, 0.15) is 5.75 Å². The molecule has 2 aromatic carbocycles. The maximum absolute atomic E-state index is 5.38. The van der Waals surface area contributed by atoms with Crippen molar-refractivity contribution in [2.24, 2.45) is 0 Å². The predicted molar refractivity (Wildman–Crippen MR) is 87.5 cm³/mol. The van der Waals surface area contributed by atoms with E-state index in [2.05, 4.69) is 68.9 Å². The minimum Gasteiger partial charge on any atom is -0.496 e. The summed E-state index contributed by atoms with van der Waals surface area (Å²) >= 11 is 6.10. The molecule has 0 saturated carbocycles. The molecule has 0 aliphatic rings. The lowest BCUT2D eigenvalue weighted by Gasteiger charge is -2.13. The molecule has 3 heteroatoms. The van der Waals surface area contributed by atoms with Gasteiger partial charge < -0.3 is 4.74 Å². The summed E-state index contributed by atoms with van der Waals surface area (Å²) < 4.78 is 6.64. The molecule has 0 bridgehead atoms. The molecule has 0 radical (unpaired) electrons. The second kappa shape index (κ2) is 6.57. The Kier molecular flexibility index (Phi) is 5.06. The molecule has 94 valence electrons. The van der Waals surface area contributed by atoms with Crippen LogP contribution in [0.1, 0.15) is 16.0 Å². The molecule has 2 rings (SSSR count). The summed E-state index contributed by atoms with van der Waals surface area (Å²) in [4.78, 5) is 0.309. The van der Waals surface area contributed by atoms with Gasteiger partial charge in [-0.15, -0.1) is 0 Å². The van der Waals surface area contributed by atoms with Crippen LogP contribution in [0.15, 0.2) is 48.5 Å². The molecule has 18 heavy (non-hydrogen) atoms. The summed E-state index contributed by atoms with van der Waals surface area (Å²) in [6, 6.07) is 16.7. The molecule has 1 nitrogen and oxygen atoms in total. The lowest BCUT2D eigenvalue weighted by Crippen LogP contribution is -1.98. The Labute approximate surface area is 130 Å². The van der Waals surface area contributed by atoms with E-state index >= 15 is 0 Å². The molecule has 0 aromatic heterocycles. The summed E-state index contributed by atoms with van der Waals surface area (Å²) in [5.41, 5.74) is 2.52. The molecule has 0 spiro atoms. The molecular weight excluding hydrogens is 403 g/mol. The monoisotopic (exact) mass is 416 g/mol. The minimum absolute atomic E-state index is 0.309. The average Bonchev–Trinajstić information content (AvgIpc) is 2.39. The highest BCUT2D eigenvalue weighted by Crippen LogP contribution is 2.31. The lowest BCUT2D eigenvalue weighted by atomic mass is 10.0. The van der Waals surface area contributed by atoms with Gasteiger partial charge in [0.25, 0.3) is 0 Å². The van der Waals surface area contributed by atoms with Crippen LogP contribution in [-0.2, 0) is 6.42 Å². The Morgan fingerprint density at radius 2 is 1.94 bits per heavy atom. The fraction of sp³-hybridized carbons (Fsp3) is 0.200. The van der Waals surface area contributed by atoms with E-state index in [0.717, 1.165) is 12.2 Å². The molecule has 0 amide bonds. The number of alkyl halides is 1. The second-order valence-electron chi connectivity index (χ2n) is 4.04. The van der Waals surface area contributed by atoms with E-state index in [1.165, 1.54) is 14.7 Å². The zero-order valence-corrected chi connectivity index (χ0v) is 13.8. The highest BCUT2D eigenvalue weighted by Gasteiger charge is 2.11. The number of hydrogen-bond acceptors (Lipinski definition) is 1. The summed E-state index contributed by atoms with van der Waals surface area (Å²) in [7, 11) is 1.72. The van der Waals surface area contributed by atoms with Crippen molar-refractivity contribution in [1.29, 1.82) is 0 Å². The van der Waals surface area contributed by atoms with Crippen LogP contribution in [0.4, 0.5) is 0 Å². The van der Waals surface area contributed by atoms with Gasteiger partial charge in [0.05, 0.1) is 7.11 Å². The number of para-hydroxylation sites is 1. The smallest absolute Gasteiger partial charge is 0.122 e. The summed E-state index contributed by atoms with van der Waals surface area (Å²) in [5.74, 6) is 0.951. The Bertz CT molecular complexity index is 527. The number of benzene rings is 2. The van der Waals surface area contributed by atoms with Gasteiger partial charge in [-0.25, -0.2) is 0 Å². The third-order valence-electron chi connectivity index (χ3n) is 2.80. The van der Waals surface area contributed by atoms with Gasteiger partial charge in [-0.3, -0.25) is 0 Å². The molecule has 0 aliphatic carbocycles. The molecule has 0 N–H and O–H groups in total. The number of ether oxygens (including phenoxy) is 1. The van der Waals surface area contributed by atoms with Gasteiger partial charge >= 0.3 is 0 Å². The van der Waals surface area contributed by atoms with E-state index < -0.39 is 0 Å². The predicted octanol–water partition coefficient (Wildman–Crippen LogP) is 4.98. The second-order valence-corrected chi connectivity index (χ2v) is 6.39. The van der Waals surface area contributed by atoms with E-state index in [-0.39, 0.29) is 0 Å². The van der Waals surface area contributed by atoms with Crippen LogP contribution in [0.3, 0.4) is 0 Å². The number of hydrogen-bond donors (Lipinski definition) is 0. The molecule has 2 aromatic rings. The molecule has 1 atom stereocenters. The first kappa shape index (κ1) is 13.9. The van der Waals surface area contributed by atoms with Crippen LogP contribution >= 0.6 is 38.5 Å². The van der Waals surface area contributed by atoms with E-state index in [4.69, 9.17) is 4.74 Å². The first-order valence-corrected chi connectivity index (χ1v) is 7.71. The molecule has 0 fully saturated rings. The lowest BCUT2D eigenvalue weighted by molar-refractivity contribution is 0.409. The van der Waals surface area contributed by atoms with Crippen molar-refractivity contribution in [3.63, 3.8) is 0 Å². The van der Waals surface area contributed by atoms with E-state index in [1.807, 2.05) is 18.2 Å². The zero-order valence-electron chi connectivity index (χ0n) is 10.1. The van der Waals surface area contributed by atoms with Crippen LogP contribution in [0.25, 0.3) is 0 Å². The van der Waals surface area contributed by atoms with Gasteiger partial charge in [0.15, 0.2) is 0 Å². The Morgan fingerprint density at radius 1 is 1.17 bits per heavy atom. The van der Waals surface area contributed by atoms with Crippen LogP contribution in [0.5, 0.6) is 5.75 Å². The summed E-state index contributed by atoms with van der Waals surface area (Å²) in [6.07, 6.45) is 0.921. The first-order chi connectivity index (χ1) is 8.70. The first-order valence-electron chi connectivity index (χ1n) is 5.72. The van der Waals surface area contributed by atoms with Crippen molar-refractivity contribution in [2.75, 3.05) is 7.11 Å². The Hall–Kier alpha value is -0.550. The van der Waals surface area contributed by atoms with Crippen molar-refractivity contribution < 1.29 is 4.74 Å². The van der Waals surface area contributed by atoms with Crippen LogP contribution < -0.4 is 4.74 Å². The summed E-state index contributed by atoms with van der Waals surface area (Å²) in [5, 5.41) is 0. The van der Waals surface area contributed by atoms with Crippen LogP contribution in [0.2, 0.25) is 0 Å². The number of halogens is 2. The van der Waals surface area contributed by atoms with Crippen LogP contribution in [0, 0.1) is 3.57 Å². The zero-order chi connectivity index (χ0) is 13.0. The summed E-state index contributed by atoms with van der Waals surface area (Å²) in [6.45, 7) is 0. The SMILES string of the molecule is COc1ccccc1CC(Br)c1cccc(I)c1. The topological polar surface area (TPSA) is 9.23 Å². The maximum atomic E-state index is 5.38. The number of rotatable bonds is 4. The van der Waals surface area contributed by atoms with Gasteiger partial charge in [-0.2, -0.15) is 0 Å². The highest BCUT2D eigenvalue weighted by molar-refractivity contribution is 14.1. The van der Waals surface area contributed by atoms with E-state index in [9.17, 15) is 0 Å². The molecule has 0 saturated heterocycles. The van der Waals surface area contributed by atoms with Crippen molar-refractivity contribution in [2.45, 2.75) is 11.2 Å². The van der Waals surface area contributed by atoms with Crippen molar-refractivity contribution in [3.05, 3.63) is 63.2 Å². The normalized spacial score (nSPS) is 12.2. The third-order valence-corrected chi connectivity index (χ3v) is 4.33.